The maximum absolute atomic E-state index is 12.3. The number of nitrogens with one attached hydrogen (secondary N) is 1. The topological polar surface area (TPSA) is 62.3 Å². The molecule has 0 aromatic carbocycles. The van der Waals surface area contributed by atoms with Crippen LogP contribution in [0.4, 0.5) is 0 Å². The molecule has 2 atom stereocenters. The third-order valence-corrected chi connectivity index (χ3v) is 5.30. The fraction of sp³-hybridized carbons (Fsp3) is 0.583. The Labute approximate surface area is 122 Å². The van der Waals surface area contributed by atoms with E-state index < -0.39 is 10.0 Å². The van der Waals surface area contributed by atoms with Crippen LogP contribution in [0.2, 0.25) is 0 Å². The second-order valence-corrected chi connectivity index (χ2v) is 7.72. The lowest BCUT2D eigenvalue weighted by molar-refractivity contribution is 0.188. The van der Waals surface area contributed by atoms with Gasteiger partial charge in [0.2, 0.25) is 10.0 Å². The molecule has 0 saturated carbocycles. The van der Waals surface area contributed by atoms with Crippen molar-refractivity contribution < 1.29 is 8.42 Å². The summed E-state index contributed by atoms with van der Waals surface area (Å²) < 4.78 is 28.0. The van der Waals surface area contributed by atoms with E-state index in [-0.39, 0.29) is 10.9 Å². The van der Waals surface area contributed by atoms with Gasteiger partial charge in [-0.3, -0.25) is 4.98 Å². The monoisotopic (exact) mass is 347 g/mol. The predicted molar refractivity (Wildman–Crippen MR) is 77.3 cm³/mol. The highest BCUT2D eigenvalue weighted by Crippen LogP contribution is 2.19. The number of aromatic nitrogens is 1. The summed E-state index contributed by atoms with van der Waals surface area (Å²) in [4.78, 5) is 6.32. The zero-order valence-corrected chi connectivity index (χ0v) is 13.4. The summed E-state index contributed by atoms with van der Waals surface area (Å²) in [6.07, 6.45) is 3.77. The molecule has 2 rings (SSSR count). The van der Waals surface area contributed by atoms with Crippen molar-refractivity contribution in [2.24, 2.45) is 5.92 Å². The van der Waals surface area contributed by atoms with E-state index in [1.54, 1.807) is 12.3 Å². The number of nitrogens with zero attached hydrogens (tertiary/aromatic N) is 2. The first-order valence-electron chi connectivity index (χ1n) is 6.20. The lowest BCUT2D eigenvalue weighted by Gasteiger charge is -2.34. The van der Waals surface area contributed by atoms with E-state index in [2.05, 4.69) is 44.5 Å². The molecule has 1 saturated heterocycles. The third kappa shape index (κ3) is 3.75. The van der Waals surface area contributed by atoms with E-state index in [1.807, 2.05) is 0 Å². The summed E-state index contributed by atoms with van der Waals surface area (Å²) in [7, 11) is -1.44. The maximum Gasteiger partial charge on any atom is 0.242 e. The average molecular weight is 348 g/mol. The first-order valence-corrected chi connectivity index (χ1v) is 8.47. The molecule has 5 nitrogen and oxygen atoms in total. The maximum atomic E-state index is 12.3. The van der Waals surface area contributed by atoms with E-state index in [9.17, 15) is 8.42 Å². The Balaban J connectivity index is 2.13. The van der Waals surface area contributed by atoms with Gasteiger partial charge in [-0.1, -0.05) is 6.92 Å². The molecule has 1 aromatic heterocycles. The van der Waals surface area contributed by atoms with Gasteiger partial charge in [0, 0.05) is 29.5 Å². The fourth-order valence-corrected chi connectivity index (χ4v) is 4.22. The molecule has 0 aliphatic carbocycles. The molecule has 106 valence electrons. The van der Waals surface area contributed by atoms with Crippen LogP contribution in [-0.4, -0.2) is 44.5 Å². The Kier molecular flexibility index (Phi) is 4.60. The van der Waals surface area contributed by atoms with Crippen LogP contribution in [0.25, 0.3) is 0 Å². The van der Waals surface area contributed by atoms with Crippen molar-refractivity contribution in [1.82, 2.24) is 14.6 Å². The van der Waals surface area contributed by atoms with Crippen molar-refractivity contribution in [3.8, 4) is 0 Å². The van der Waals surface area contributed by atoms with Crippen LogP contribution in [0.1, 0.15) is 13.3 Å². The first kappa shape index (κ1) is 14.9. The van der Waals surface area contributed by atoms with Crippen LogP contribution < -0.4 is 4.72 Å². The summed E-state index contributed by atoms with van der Waals surface area (Å²) >= 11 is 3.24. The van der Waals surface area contributed by atoms with Crippen molar-refractivity contribution in [2.45, 2.75) is 24.3 Å². The Bertz CT molecular complexity index is 550. The Morgan fingerprint density at radius 2 is 2.21 bits per heavy atom. The molecule has 1 aliphatic rings. The van der Waals surface area contributed by atoms with Crippen LogP contribution in [0.15, 0.2) is 27.8 Å². The van der Waals surface area contributed by atoms with E-state index >= 15 is 0 Å². The molecule has 19 heavy (non-hydrogen) atoms. The molecule has 0 amide bonds. The summed E-state index contributed by atoms with van der Waals surface area (Å²) in [5.74, 6) is 0.300. The summed E-state index contributed by atoms with van der Waals surface area (Å²) in [6, 6.07) is 1.55. The van der Waals surface area contributed by atoms with Crippen LogP contribution in [-0.2, 0) is 10.0 Å². The Morgan fingerprint density at radius 3 is 2.84 bits per heavy atom. The second-order valence-electron chi connectivity index (χ2n) is 5.09. The van der Waals surface area contributed by atoms with Gasteiger partial charge in [-0.25, -0.2) is 13.1 Å². The fourth-order valence-electron chi connectivity index (χ4n) is 2.34. The molecular formula is C12H18BrN3O2S. The molecular weight excluding hydrogens is 330 g/mol. The van der Waals surface area contributed by atoms with Crippen LogP contribution in [0.5, 0.6) is 0 Å². The van der Waals surface area contributed by atoms with Gasteiger partial charge in [-0.2, -0.15) is 0 Å². The van der Waals surface area contributed by atoms with E-state index in [4.69, 9.17) is 0 Å². The molecule has 2 unspecified atom stereocenters. The van der Waals surface area contributed by atoms with Gasteiger partial charge in [0.15, 0.2) is 0 Å². The SMILES string of the molecule is CC1CN(C)CCC1NS(=O)(=O)c1cncc(Br)c1. The highest BCUT2D eigenvalue weighted by molar-refractivity contribution is 9.10. The van der Waals surface area contributed by atoms with Gasteiger partial charge < -0.3 is 4.90 Å². The minimum absolute atomic E-state index is 0.0137. The quantitative estimate of drug-likeness (QED) is 0.899. The number of halogens is 1. The van der Waals surface area contributed by atoms with Crippen molar-refractivity contribution in [1.29, 1.82) is 0 Å². The zero-order valence-electron chi connectivity index (χ0n) is 11.0. The number of hydrogen-bond donors (Lipinski definition) is 1. The smallest absolute Gasteiger partial charge is 0.242 e. The number of sulfonamides is 1. The molecule has 2 heterocycles. The largest absolute Gasteiger partial charge is 0.306 e. The predicted octanol–water partition coefficient (Wildman–Crippen LogP) is 1.46. The van der Waals surface area contributed by atoms with Crippen LogP contribution in [0, 0.1) is 5.92 Å². The highest BCUT2D eigenvalue weighted by Gasteiger charge is 2.28. The molecule has 7 heteroatoms. The minimum Gasteiger partial charge on any atom is -0.306 e. The number of piperidine rings is 1. The summed E-state index contributed by atoms with van der Waals surface area (Å²) in [6.45, 7) is 3.89. The molecule has 1 N–H and O–H groups in total. The van der Waals surface area contributed by atoms with Gasteiger partial charge in [-0.05, 0) is 47.9 Å². The third-order valence-electron chi connectivity index (χ3n) is 3.40. The molecule has 1 fully saturated rings. The number of likely N-dealkylation sites (tertiary alicyclic amines) is 1. The molecule has 1 aliphatic heterocycles. The van der Waals surface area contributed by atoms with Gasteiger partial charge in [0.05, 0.1) is 0 Å². The zero-order chi connectivity index (χ0) is 14.0. The van der Waals surface area contributed by atoms with Crippen molar-refractivity contribution in [3.05, 3.63) is 22.9 Å². The van der Waals surface area contributed by atoms with Gasteiger partial charge in [0.1, 0.15) is 4.90 Å². The molecule has 1 aromatic rings. The van der Waals surface area contributed by atoms with E-state index in [0.717, 1.165) is 19.5 Å². The number of hydrogen-bond acceptors (Lipinski definition) is 4. The van der Waals surface area contributed by atoms with Gasteiger partial charge >= 0.3 is 0 Å². The average Bonchev–Trinajstić information content (AvgIpc) is 2.33. The number of rotatable bonds is 3. The highest BCUT2D eigenvalue weighted by atomic mass is 79.9. The van der Waals surface area contributed by atoms with Crippen molar-refractivity contribution in [3.63, 3.8) is 0 Å². The summed E-state index contributed by atoms with van der Waals surface area (Å²) in [5, 5.41) is 0. The first-order chi connectivity index (χ1) is 8.88. The van der Waals surface area contributed by atoms with E-state index in [1.165, 1.54) is 6.20 Å². The Morgan fingerprint density at radius 1 is 1.47 bits per heavy atom. The minimum atomic E-state index is -3.49. The lowest BCUT2D eigenvalue weighted by Crippen LogP contribution is -2.48. The number of pyridine rings is 1. The van der Waals surface area contributed by atoms with Crippen molar-refractivity contribution >= 4 is 26.0 Å². The lowest BCUT2D eigenvalue weighted by atomic mass is 9.95. The molecule has 0 spiro atoms. The Hall–Kier alpha value is -0.500. The summed E-state index contributed by atoms with van der Waals surface area (Å²) in [5.41, 5.74) is 0. The van der Waals surface area contributed by atoms with Gasteiger partial charge in [0.25, 0.3) is 0 Å². The second kappa shape index (κ2) is 5.87. The van der Waals surface area contributed by atoms with Crippen LogP contribution in [0.3, 0.4) is 0 Å². The standard InChI is InChI=1S/C12H18BrN3O2S/c1-9-8-16(2)4-3-12(9)15-19(17,18)11-5-10(13)6-14-7-11/h5-7,9,12,15H,3-4,8H2,1-2H3. The normalized spacial score (nSPS) is 25.4. The van der Waals surface area contributed by atoms with Crippen LogP contribution >= 0.6 is 15.9 Å². The van der Waals surface area contributed by atoms with E-state index in [0.29, 0.717) is 10.4 Å². The molecule has 0 bridgehead atoms. The van der Waals surface area contributed by atoms with Gasteiger partial charge in [-0.15, -0.1) is 0 Å². The van der Waals surface area contributed by atoms with Crippen molar-refractivity contribution in [2.75, 3.05) is 20.1 Å². The molecule has 0 radical (unpaired) electrons.